The van der Waals surface area contributed by atoms with E-state index in [9.17, 15) is 35.9 Å². The first-order chi connectivity index (χ1) is 18.4. The number of hydrogen-bond acceptors (Lipinski definition) is 6. The first-order valence-electron chi connectivity index (χ1n) is 11.1. The molecule has 0 bridgehead atoms. The quantitative estimate of drug-likeness (QED) is 0.397. The van der Waals surface area contributed by atoms with Crippen LogP contribution >= 0.6 is 0 Å². The largest absolute Gasteiger partial charge is 0.573 e. The number of benzene rings is 2. The third kappa shape index (κ3) is 6.36. The fraction of sp³-hybridized carbons (Fsp3) is 0.136. The molecular formula is C22H14F7N3O5. The van der Waals surface area contributed by atoms with Gasteiger partial charge in [0.25, 0.3) is 11.8 Å². The number of carbonyl (C=O) groups is 2. The van der Waals surface area contributed by atoms with Crippen LogP contribution in [-0.4, -0.2) is 30.2 Å². The van der Waals surface area contributed by atoms with Gasteiger partial charge in [-0.2, -0.15) is 13.2 Å². The lowest BCUT2D eigenvalue weighted by Crippen LogP contribution is -2.22. The van der Waals surface area contributed by atoms with Gasteiger partial charge >= 0.3 is 12.5 Å². The number of primary amides is 1. The zero-order valence-corrected chi connectivity index (χ0v) is 17.8. The number of rotatable bonds is 7. The summed E-state index contributed by atoms with van der Waals surface area (Å²) in [5, 5.41) is 1.99. The molecule has 3 N–H and O–H groups in total. The van der Waals surface area contributed by atoms with Crippen molar-refractivity contribution in [1.29, 1.82) is 0 Å². The van der Waals surface area contributed by atoms with Gasteiger partial charge < -0.3 is 25.3 Å². The van der Waals surface area contributed by atoms with Gasteiger partial charge in [-0.1, -0.05) is 0 Å². The fourth-order valence-corrected chi connectivity index (χ4v) is 2.93. The number of anilines is 1. The third-order valence-electron chi connectivity index (χ3n) is 4.40. The normalized spacial score (nSPS) is 13.1. The van der Waals surface area contributed by atoms with Crippen LogP contribution in [0.2, 0.25) is 0 Å². The summed E-state index contributed by atoms with van der Waals surface area (Å²) in [7, 11) is -3.27. The molecule has 0 radical (unpaired) electrons. The van der Waals surface area contributed by atoms with Crippen molar-refractivity contribution in [1.82, 2.24) is 4.98 Å². The maximum atomic E-state index is 15.1. The number of alkyl halides is 6. The molecule has 8 nitrogen and oxygen atoms in total. The molecule has 0 aliphatic carbocycles. The Kier molecular flexibility index (Phi) is 6.31. The fourth-order valence-electron chi connectivity index (χ4n) is 2.93. The maximum Gasteiger partial charge on any atom is 0.573 e. The molecule has 1 aromatic heterocycles. The first kappa shape index (κ1) is 22.9. The van der Waals surface area contributed by atoms with Gasteiger partial charge in [-0.05, 0) is 36.4 Å². The molecule has 15 heteroatoms. The van der Waals surface area contributed by atoms with Crippen molar-refractivity contribution >= 4 is 17.5 Å². The van der Waals surface area contributed by atoms with Crippen LogP contribution in [0.3, 0.4) is 0 Å². The Hall–Kier alpha value is -4.56. The van der Waals surface area contributed by atoms with Gasteiger partial charge in [0, 0.05) is 12.3 Å². The van der Waals surface area contributed by atoms with Crippen molar-refractivity contribution < 1.29 is 58.6 Å². The van der Waals surface area contributed by atoms with E-state index < -0.39 is 82.7 Å². The van der Waals surface area contributed by atoms with Crippen molar-refractivity contribution in [2.45, 2.75) is 12.5 Å². The van der Waals surface area contributed by atoms with Crippen molar-refractivity contribution in [2.24, 2.45) is 5.73 Å². The highest BCUT2D eigenvalue weighted by Gasteiger charge is 2.38. The number of hydrogen-bond donors (Lipinski definition) is 2. The van der Waals surface area contributed by atoms with Crippen LogP contribution in [0.1, 0.15) is 30.5 Å². The summed E-state index contributed by atoms with van der Waals surface area (Å²) in [6.45, 7) is 0. The predicted octanol–water partition coefficient (Wildman–Crippen LogP) is 5.29. The Morgan fingerprint density at radius 3 is 2.35 bits per heavy atom. The standard InChI is InChI=1S/C22H14F7N3O5/c1-35-15-9-10(37-22(27,28)29)4-6-13(15)36-14-7-5-11(21(24,25)26)17(23)16(14)20(34)32-12-3-2-8-31-18(12)19(30)33/h2-9H,1H3,(H2,30,33)(H,32,34)/i1D3. The van der Waals surface area contributed by atoms with Gasteiger partial charge in [-0.25, -0.2) is 9.37 Å². The molecule has 196 valence electrons. The summed E-state index contributed by atoms with van der Waals surface area (Å²) in [5.41, 5.74) is 0.918. The second-order valence-corrected chi connectivity index (χ2v) is 6.88. The van der Waals surface area contributed by atoms with E-state index in [4.69, 9.17) is 14.6 Å². The monoisotopic (exact) mass is 536 g/mol. The van der Waals surface area contributed by atoms with Gasteiger partial charge in [-0.15, -0.1) is 13.2 Å². The predicted molar refractivity (Wildman–Crippen MR) is 112 cm³/mol. The second kappa shape index (κ2) is 10.2. The summed E-state index contributed by atoms with van der Waals surface area (Å²) < 4.78 is 128. The number of nitrogens with two attached hydrogens (primary N) is 1. The molecule has 2 amide bonds. The number of pyridine rings is 1. The van der Waals surface area contributed by atoms with E-state index in [0.29, 0.717) is 24.3 Å². The Bertz CT molecular complexity index is 1450. The van der Waals surface area contributed by atoms with Crippen LogP contribution in [0.4, 0.5) is 36.4 Å². The molecular weight excluding hydrogens is 519 g/mol. The molecule has 0 atom stereocenters. The Morgan fingerprint density at radius 1 is 1.03 bits per heavy atom. The van der Waals surface area contributed by atoms with Crippen molar-refractivity contribution in [3.8, 4) is 23.0 Å². The molecule has 3 aromatic rings. The number of nitrogens with one attached hydrogen (secondary N) is 1. The van der Waals surface area contributed by atoms with E-state index in [0.717, 1.165) is 12.3 Å². The molecule has 0 aliphatic rings. The van der Waals surface area contributed by atoms with E-state index in [-0.39, 0.29) is 6.07 Å². The molecule has 37 heavy (non-hydrogen) atoms. The van der Waals surface area contributed by atoms with Crippen molar-refractivity contribution in [3.63, 3.8) is 0 Å². The van der Waals surface area contributed by atoms with Crippen LogP contribution < -0.4 is 25.3 Å². The third-order valence-corrected chi connectivity index (χ3v) is 4.40. The minimum Gasteiger partial charge on any atom is -0.493 e. The summed E-state index contributed by atoms with van der Waals surface area (Å²) in [4.78, 5) is 28.2. The summed E-state index contributed by atoms with van der Waals surface area (Å²) in [6, 6.07) is 4.73. The SMILES string of the molecule is [2H]C([2H])([2H])Oc1cc(OC(F)(F)F)ccc1Oc1ccc(C(F)(F)F)c(F)c1C(=O)Nc1cccnc1C(N)=O. The smallest absolute Gasteiger partial charge is 0.493 e. The molecule has 1 heterocycles. The highest BCUT2D eigenvalue weighted by Crippen LogP contribution is 2.40. The van der Waals surface area contributed by atoms with Crippen LogP contribution in [-0.2, 0) is 6.18 Å². The minimum absolute atomic E-state index is 0.200. The Balaban J connectivity index is 2.14. The average Bonchev–Trinajstić information content (AvgIpc) is 2.78. The van der Waals surface area contributed by atoms with E-state index in [1.54, 1.807) is 0 Å². The number of methoxy groups -OCH3 is 1. The Morgan fingerprint density at radius 2 is 1.73 bits per heavy atom. The van der Waals surface area contributed by atoms with E-state index in [1.165, 1.54) is 6.07 Å². The first-order valence-corrected chi connectivity index (χ1v) is 9.58. The zero-order chi connectivity index (χ0) is 30.0. The molecule has 0 saturated heterocycles. The van der Waals surface area contributed by atoms with Crippen LogP contribution in [0.25, 0.3) is 0 Å². The number of aromatic nitrogens is 1. The molecule has 0 aliphatic heterocycles. The van der Waals surface area contributed by atoms with Crippen LogP contribution in [0.5, 0.6) is 23.0 Å². The lowest BCUT2D eigenvalue weighted by atomic mass is 10.1. The molecule has 0 spiro atoms. The van der Waals surface area contributed by atoms with Gasteiger partial charge in [0.05, 0.1) is 22.4 Å². The minimum atomic E-state index is -5.30. The number of carbonyl (C=O) groups excluding carboxylic acids is 2. The zero-order valence-electron chi connectivity index (χ0n) is 20.8. The maximum absolute atomic E-state index is 15.1. The molecule has 0 saturated carbocycles. The van der Waals surface area contributed by atoms with E-state index in [2.05, 4.69) is 14.5 Å². The van der Waals surface area contributed by atoms with Gasteiger partial charge in [0.1, 0.15) is 17.1 Å². The summed E-state index contributed by atoms with van der Waals surface area (Å²) >= 11 is 0. The highest BCUT2D eigenvalue weighted by atomic mass is 19.4. The van der Waals surface area contributed by atoms with Crippen molar-refractivity contribution in [2.75, 3.05) is 12.4 Å². The van der Waals surface area contributed by atoms with Gasteiger partial charge in [0.15, 0.2) is 23.0 Å². The topological polar surface area (TPSA) is 113 Å². The highest BCUT2D eigenvalue weighted by molar-refractivity contribution is 6.09. The summed E-state index contributed by atoms with van der Waals surface area (Å²) in [5.74, 6) is -8.48. The molecule has 2 aromatic carbocycles. The lowest BCUT2D eigenvalue weighted by molar-refractivity contribution is -0.274. The van der Waals surface area contributed by atoms with Crippen LogP contribution in [0.15, 0.2) is 48.7 Å². The van der Waals surface area contributed by atoms with Gasteiger partial charge in [-0.3, -0.25) is 9.59 Å². The van der Waals surface area contributed by atoms with Crippen molar-refractivity contribution in [3.05, 3.63) is 71.3 Å². The molecule has 3 rings (SSSR count). The van der Waals surface area contributed by atoms with Crippen LogP contribution in [0, 0.1) is 5.82 Å². The number of amides is 2. The molecule has 0 fully saturated rings. The number of ether oxygens (including phenoxy) is 3. The van der Waals surface area contributed by atoms with E-state index in [1.807, 2.05) is 5.32 Å². The number of halogens is 7. The number of nitrogens with zero attached hydrogens (tertiary/aromatic N) is 1. The summed E-state index contributed by atoms with van der Waals surface area (Å²) in [6.07, 6.45) is -9.39. The second-order valence-electron chi connectivity index (χ2n) is 6.88. The molecule has 0 unspecified atom stereocenters. The Labute approximate surface area is 207 Å². The average molecular weight is 536 g/mol. The van der Waals surface area contributed by atoms with Gasteiger partial charge in [0.2, 0.25) is 0 Å². The van der Waals surface area contributed by atoms with E-state index >= 15 is 4.39 Å². The lowest BCUT2D eigenvalue weighted by Gasteiger charge is -2.18.